The zero-order valence-electron chi connectivity index (χ0n) is 10.5. The van der Waals surface area contributed by atoms with Crippen LogP contribution in [-0.2, 0) is 4.74 Å². The van der Waals surface area contributed by atoms with Gasteiger partial charge in [0, 0.05) is 24.8 Å². The number of halogens is 1. The first kappa shape index (κ1) is 13.5. The van der Waals surface area contributed by atoms with Crippen LogP contribution in [0.3, 0.4) is 0 Å². The van der Waals surface area contributed by atoms with Gasteiger partial charge in [-0.2, -0.15) is 5.26 Å². The van der Waals surface area contributed by atoms with Crippen LogP contribution in [0.1, 0.15) is 12.0 Å². The van der Waals surface area contributed by atoms with Crippen molar-refractivity contribution in [2.75, 3.05) is 25.5 Å². The minimum atomic E-state index is -0.304. The maximum atomic E-state index is 11.4. The molecule has 2 rings (SSSR count). The first-order valence-corrected chi connectivity index (χ1v) is 6.31. The molecule has 1 heterocycles. The predicted molar refractivity (Wildman–Crippen MR) is 72.2 cm³/mol. The summed E-state index contributed by atoms with van der Waals surface area (Å²) in [5.41, 5.74) is 1.30. The molecule has 0 saturated carbocycles. The average molecular weight is 280 g/mol. The number of benzene rings is 1. The maximum absolute atomic E-state index is 11.4. The van der Waals surface area contributed by atoms with Gasteiger partial charge in [-0.15, -0.1) is 0 Å². The lowest BCUT2D eigenvalue weighted by Gasteiger charge is -2.16. The van der Waals surface area contributed by atoms with Crippen molar-refractivity contribution >= 4 is 23.4 Å². The van der Waals surface area contributed by atoms with Gasteiger partial charge in [-0.05, 0) is 24.6 Å². The van der Waals surface area contributed by atoms with Crippen LogP contribution in [0.4, 0.5) is 10.5 Å². The quantitative estimate of drug-likeness (QED) is 0.903. The fourth-order valence-corrected chi connectivity index (χ4v) is 2.33. The summed E-state index contributed by atoms with van der Waals surface area (Å²) >= 11 is 5.97. The highest BCUT2D eigenvalue weighted by atomic mass is 35.5. The Morgan fingerprint density at radius 3 is 3.05 bits per heavy atom. The highest BCUT2D eigenvalue weighted by Crippen LogP contribution is 2.22. The molecular weight excluding hydrogens is 266 g/mol. The lowest BCUT2D eigenvalue weighted by atomic mass is 10.2. The molecule has 1 atom stereocenters. The number of anilines is 1. The monoisotopic (exact) mass is 279 g/mol. The van der Waals surface area contributed by atoms with Gasteiger partial charge >= 0.3 is 6.09 Å². The van der Waals surface area contributed by atoms with Gasteiger partial charge in [0.1, 0.15) is 6.07 Å². The summed E-state index contributed by atoms with van der Waals surface area (Å²) in [4.78, 5) is 13.0. The van der Waals surface area contributed by atoms with Gasteiger partial charge in [0.2, 0.25) is 0 Å². The second kappa shape index (κ2) is 5.81. The Morgan fingerprint density at radius 2 is 2.42 bits per heavy atom. The third-order valence-electron chi connectivity index (χ3n) is 3.08. The number of nitrogens with one attached hydrogen (secondary N) is 1. The lowest BCUT2D eigenvalue weighted by molar-refractivity contribution is 0.133. The molecule has 6 heteroatoms. The van der Waals surface area contributed by atoms with Crippen molar-refractivity contribution in [2.24, 2.45) is 0 Å². The molecule has 0 spiro atoms. The number of nitriles is 1. The number of carbonyl (C=O) groups is 1. The van der Waals surface area contributed by atoms with E-state index in [-0.39, 0.29) is 12.1 Å². The summed E-state index contributed by atoms with van der Waals surface area (Å²) in [6, 6.07) is 7.40. The SMILES string of the molecule is COC(=O)N1CC[C@H](Nc2ccc(C#N)c(Cl)c2)C1. The fourth-order valence-electron chi connectivity index (χ4n) is 2.10. The Hall–Kier alpha value is -1.93. The maximum Gasteiger partial charge on any atom is 0.409 e. The summed E-state index contributed by atoms with van der Waals surface area (Å²) in [6.45, 7) is 1.28. The molecule has 0 bridgehead atoms. The molecule has 1 amide bonds. The minimum absolute atomic E-state index is 0.170. The van der Waals surface area contributed by atoms with Crippen LogP contribution in [0.2, 0.25) is 5.02 Å². The first-order valence-electron chi connectivity index (χ1n) is 5.93. The van der Waals surface area contributed by atoms with Crippen molar-refractivity contribution in [3.63, 3.8) is 0 Å². The molecule has 1 saturated heterocycles. The second-order valence-electron chi connectivity index (χ2n) is 4.35. The van der Waals surface area contributed by atoms with E-state index in [1.54, 1.807) is 17.0 Å². The van der Waals surface area contributed by atoms with Crippen molar-refractivity contribution in [1.29, 1.82) is 5.26 Å². The Kier molecular flexibility index (Phi) is 4.13. The van der Waals surface area contributed by atoms with Crippen LogP contribution in [0.15, 0.2) is 18.2 Å². The smallest absolute Gasteiger partial charge is 0.409 e. The molecule has 1 aromatic rings. The summed E-state index contributed by atoms with van der Waals surface area (Å²) < 4.78 is 4.68. The Bertz CT molecular complexity index is 527. The fraction of sp³-hybridized carbons (Fsp3) is 0.385. The number of hydrogen-bond acceptors (Lipinski definition) is 4. The Morgan fingerprint density at radius 1 is 1.63 bits per heavy atom. The number of nitrogens with zero attached hydrogens (tertiary/aromatic N) is 2. The molecular formula is C13H14ClN3O2. The molecule has 100 valence electrons. The summed E-state index contributed by atoms with van der Waals surface area (Å²) in [6.07, 6.45) is 0.550. The normalized spacial score (nSPS) is 17.9. The predicted octanol–water partition coefficient (Wildman–Crippen LogP) is 2.46. The van der Waals surface area contributed by atoms with E-state index >= 15 is 0 Å². The molecule has 1 aliphatic heterocycles. The van der Waals surface area contributed by atoms with Crippen LogP contribution in [0.5, 0.6) is 0 Å². The van der Waals surface area contributed by atoms with Crippen molar-refractivity contribution in [1.82, 2.24) is 4.90 Å². The molecule has 1 aliphatic rings. The van der Waals surface area contributed by atoms with E-state index in [2.05, 4.69) is 10.1 Å². The molecule has 0 radical (unpaired) electrons. The number of carbonyl (C=O) groups excluding carboxylic acids is 1. The van der Waals surface area contributed by atoms with Crippen molar-refractivity contribution in [3.8, 4) is 6.07 Å². The summed E-state index contributed by atoms with van der Waals surface area (Å²) in [5.74, 6) is 0. The number of ether oxygens (including phenoxy) is 1. The lowest BCUT2D eigenvalue weighted by Crippen LogP contribution is -2.31. The van der Waals surface area contributed by atoms with Crippen LogP contribution >= 0.6 is 11.6 Å². The molecule has 0 unspecified atom stereocenters. The number of rotatable bonds is 2. The van der Waals surface area contributed by atoms with Gasteiger partial charge in [-0.3, -0.25) is 0 Å². The molecule has 1 aromatic carbocycles. The van der Waals surface area contributed by atoms with Crippen LogP contribution < -0.4 is 5.32 Å². The van der Waals surface area contributed by atoms with Gasteiger partial charge in [0.15, 0.2) is 0 Å². The van der Waals surface area contributed by atoms with Crippen molar-refractivity contribution in [2.45, 2.75) is 12.5 Å². The van der Waals surface area contributed by atoms with Crippen LogP contribution in [0, 0.1) is 11.3 Å². The zero-order valence-corrected chi connectivity index (χ0v) is 11.3. The van der Waals surface area contributed by atoms with E-state index in [9.17, 15) is 4.79 Å². The van der Waals surface area contributed by atoms with E-state index in [4.69, 9.17) is 16.9 Å². The topological polar surface area (TPSA) is 65.4 Å². The molecule has 19 heavy (non-hydrogen) atoms. The molecule has 1 N–H and O–H groups in total. The van der Waals surface area contributed by atoms with Crippen molar-refractivity contribution in [3.05, 3.63) is 28.8 Å². The molecule has 0 aromatic heterocycles. The summed E-state index contributed by atoms with van der Waals surface area (Å²) in [7, 11) is 1.38. The highest BCUT2D eigenvalue weighted by molar-refractivity contribution is 6.32. The second-order valence-corrected chi connectivity index (χ2v) is 4.76. The Labute approximate surface area is 116 Å². The first-order chi connectivity index (χ1) is 9.13. The van der Waals surface area contributed by atoms with E-state index in [1.807, 2.05) is 12.1 Å². The van der Waals surface area contributed by atoms with Crippen LogP contribution in [0.25, 0.3) is 0 Å². The minimum Gasteiger partial charge on any atom is -0.453 e. The third-order valence-corrected chi connectivity index (χ3v) is 3.39. The van der Waals surface area contributed by atoms with E-state index < -0.39 is 0 Å². The van der Waals surface area contributed by atoms with Gasteiger partial charge < -0.3 is 15.0 Å². The number of likely N-dealkylation sites (tertiary alicyclic amines) is 1. The number of amides is 1. The molecule has 1 fully saturated rings. The van der Waals surface area contributed by atoms with Gasteiger partial charge in [0.05, 0.1) is 17.7 Å². The summed E-state index contributed by atoms with van der Waals surface area (Å²) in [5, 5.41) is 12.5. The van der Waals surface area contributed by atoms with E-state index in [0.717, 1.165) is 12.1 Å². The molecule has 5 nitrogen and oxygen atoms in total. The Balaban J connectivity index is 1.98. The van der Waals surface area contributed by atoms with Crippen LogP contribution in [-0.4, -0.2) is 37.2 Å². The standard InChI is InChI=1S/C13H14ClN3O2/c1-19-13(18)17-5-4-11(8-17)16-10-3-2-9(7-15)12(14)6-10/h2-3,6,11,16H,4-5,8H2,1H3/t11-/m0/s1. The van der Waals surface area contributed by atoms with Gasteiger partial charge in [0.25, 0.3) is 0 Å². The zero-order chi connectivity index (χ0) is 13.8. The third kappa shape index (κ3) is 3.09. The number of methoxy groups -OCH3 is 1. The van der Waals surface area contributed by atoms with Crippen molar-refractivity contribution < 1.29 is 9.53 Å². The van der Waals surface area contributed by atoms with E-state index in [0.29, 0.717) is 23.7 Å². The molecule has 0 aliphatic carbocycles. The largest absolute Gasteiger partial charge is 0.453 e. The average Bonchev–Trinajstić information content (AvgIpc) is 2.86. The van der Waals surface area contributed by atoms with Gasteiger partial charge in [-0.1, -0.05) is 11.6 Å². The van der Waals surface area contributed by atoms with Gasteiger partial charge in [-0.25, -0.2) is 4.79 Å². The highest BCUT2D eigenvalue weighted by Gasteiger charge is 2.26. The van der Waals surface area contributed by atoms with E-state index in [1.165, 1.54) is 7.11 Å². The number of hydrogen-bond donors (Lipinski definition) is 1.